The molecule has 0 aromatic carbocycles. The second kappa shape index (κ2) is 6.49. The average Bonchev–Trinajstić information content (AvgIpc) is 2.32. The van der Waals surface area contributed by atoms with Crippen LogP contribution >= 0.6 is 0 Å². The van der Waals surface area contributed by atoms with E-state index in [4.69, 9.17) is 0 Å². The van der Waals surface area contributed by atoms with Crippen molar-refractivity contribution in [3.8, 4) is 0 Å². The molecular formula is C13H25N2. The lowest BCUT2D eigenvalue weighted by Crippen LogP contribution is -2.38. The first-order valence-electron chi connectivity index (χ1n) is 6.82. The Kier molecular flexibility index (Phi) is 4.94. The van der Waals surface area contributed by atoms with Crippen LogP contribution in [-0.4, -0.2) is 25.7 Å². The first-order chi connectivity index (χ1) is 7.45. The summed E-state index contributed by atoms with van der Waals surface area (Å²) in [5, 5.41) is 8.09. The summed E-state index contributed by atoms with van der Waals surface area (Å²) in [6.45, 7) is 3.41. The molecule has 1 heterocycles. The number of piperidine rings is 1. The van der Waals surface area contributed by atoms with Crippen LogP contribution in [-0.2, 0) is 0 Å². The predicted molar refractivity (Wildman–Crippen MR) is 64.1 cm³/mol. The van der Waals surface area contributed by atoms with Gasteiger partial charge in [0, 0.05) is 19.1 Å². The number of nitrogens with one attached hydrogen (secondary N) is 1. The minimum absolute atomic E-state index is 0.770. The Morgan fingerprint density at radius 2 is 1.67 bits per heavy atom. The average molecular weight is 209 g/mol. The van der Waals surface area contributed by atoms with Gasteiger partial charge in [0.2, 0.25) is 0 Å². The van der Waals surface area contributed by atoms with Crippen molar-refractivity contribution in [1.82, 2.24) is 10.6 Å². The van der Waals surface area contributed by atoms with E-state index in [1.807, 2.05) is 0 Å². The molecular weight excluding hydrogens is 184 g/mol. The maximum absolute atomic E-state index is 4.39. The molecule has 0 aromatic heterocycles. The highest BCUT2D eigenvalue weighted by molar-refractivity contribution is 4.75. The van der Waals surface area contributed by atoms with Crippen LogP contribution in [0, 0.1) is 5.92 Å². The predicted octanol–water partition coefficient (Wildman–Crippen LogP) is 2.31. The molecule has 0 bridgehead atoms. The molecule has 15 heavy (non-hydrogen) atoms. The topological polar surface area (TPSA) is 26.1 Å². The second-order valence-electron chi connectivity index (χ2n) is 5.19. The summed E-state index contributed by atoms with van der Waals surface area (Å²) < 4.78 is 0. The van der Waals surface area contributed by atoms with Gasteiger partial charge in [-0.25, -0.2) is 5.32 Å². The lowest BCUT2D eigenvalue weighted by molar-refractivity contribution is 0.314. The van der Waals surface area contributed by atoms with E-state index in [0.717, 1.165) is 25.0 Å². The fraction of sp³-hybridized carbons (Fsp3) is 1.00. The van der Waals surface area contributed by atoms with E-state index in [1.165, 1.54) is 57.9 Å². The third-order valence-electron chi connectivity index (χ3n) is 3.98. The van der Waals surface area contributed by atoms with Crippen molar-refractivity contribution in [3.63, 3.8) is 0 Å². The zero-order valence-corrected chi connectivity index (χ0v) is 9.88. The van der Waals surface area contributed by atoms with Crippen molar-refractivity contribution in [2.45, 2.75) is 57.4 Å². The minimum atomic E-state index is 0.770. The zero-order valence-electron chi connectivity index (χ0n) is 9.88. The van der Waals surface area contributed by atoms with E-state index in [2.05, 4.69) is 10.6 Å². The quantitative estimate of drug-likeness (QED) is 0.755. The van der Waals surface area contributed by atoms with E-state index >= 15 is 0 Å². The van der Waals surface area contributed by atoms with Crippen molar-refractivity contribution < 1.29 is 0 Å². The highest BCUT2D eigenvalue weighted by Gasteiger charge is 2.15. The Bertz CT molecular complexity index is 140. The van der Waals surface area contributed by atoms with Gasteiger partial charge in [-0.15, -0.1) is 0 Å². The van der Waals surface area contributed by atoms with Crippen molar-refractivity contribution in [1.29, 1.82) is 0 Å². The van der Waals surface area contributed by atoms with Gasteiger partial charge in [-0.3, -0.25) is 0 Å². The van der Waals surface area contributed by atoms with Crippen molar-refractivity contribution >= 4 is 0 Å². The monoisotopic (exact) mass is 209 g/mol. The molecule has 0 unspecified atom stereocenters. The molecule has 2 aliphatic rings. The Hall–Kier alpha value is -0.0800. The van der Waals surface area contributed by atoms with Gasteiger partial charge >= 0.3 is 0 Å². The normalized spacial score (nSPS) is 25.6. The van der Waals surface area contributed by atoms with Crippen LogP contribution in [0.1, 0.15) is 51.4 Å². The van der Waals surface area contributed by atoms with Crippen LogP contribution in [0.4, 0.5) is 0 Å². The van der Waals surface area contributed by atoms with E-state index in [0.29, 0.717) is 0 Å². The lowest BCUT2D eigenvalue weighted by atomic mass is 9.87. The first kappa shape index (κ1) is 11.4. The van der Waals surface area contributed by atoms with Gasteiger partial charge in [0.15, 0.2) is 0 Å². The molecule has 87 valence electrons. The fourth-order valence-corrected chi connectivity index (χ4v) is 2.92. The second-order valence-corrected chi connectivity index (χ2v) is 5.19. The highest BCUT2D eigenvalue weighted by Crippen LogP contribution is 2.25. The lowest BCUT2D eigenvalue weighted by Gasteiger charge is -2.25. The Balaban J connectivity index is 1.53. The van der Waals surface area contributed by atoms with Gasteiger partial charge in [-0.05, 0) is 31.7 Å². The largest absolute Gasteiger partial charge is 0.314 e. The number of hydrogen-bond donors (Lipinski definition) is 1. The van der Waals surface area contributed by atoms with Gasteiger partial charge in [0.1, 0.15) is 0 Å². The summed E-state index contributed by atoms with van der Waals surface area (Å²) in [6.07, 6.45) is 11.4. The summed E-state index contributed by atoms with van der Waals surface area (Å²) in [6, 6.07) is 0.770. The summed E-state index contributed by atoms with van der Waals surface area (Å²) in [5.41, 5.74) is 0. The number of hydrogen-bond acceptors (Lipinski definition) is 1. The molecule has 1 saturated carbocycles. The van der Waals surface area contributed by atoms with Gasteiger partial charge in [-0.2, -0.15) is 0 Å². The fourth-order valence-electron chi connectivity index (χ4n) is 2.92. The number of rotatable bonds is 4. The van der Waals surface area contributed by atoms with Gasteiger partial charge < -0.3 is 5.32 Å². The maximum atomic E-state index is 4.39. The third kappa shape index (κ3) is 4.12. The van der Waals surface area contributed by atoms with Crippen LogP contribution in [0.25, 0.3) is 0 Å². The van der Waals surface area contributed by atoms with Crippen molar-refractivity contribution in [2.75, 3.05) is 19.6 Å². The van der Waals surface area contributed by atoms with Crippen LogP contribution in [0.3, 0.4) is 0 Å². The molecule has 1 aliphatic heterocycles. The number of nitrogens with zero attached hydrogens (tertiary/aromatic N) is 1. The van der Waals surface area contributed by atoms with Crippen molar-refractivity contribution in [2.24, 2.45) is 5.92 Å². The van der Waals surface area contributed by atoms with E-state index in [1.54, 1.807) is 0 Å². The third-order valence-corrected chi connectivity index (χ3v) is 3.98. The zero-order chi connectivity index (χ0) is 10.3. The molecule has 2 rings (SSSR count). The smallest absolute Gasteiger partial charge is 0.0148 e. The molecule has 1 N–H and O–H groups in total. The summed E-state index contributed by atoms with van der Waals surface area (Å²) in [5.74, 6) is 1.03. The Labute approximate surface area is 94.2 Å². The summed E-state index contributed by atoms with van der Waals surface area (Å²) in [7, 11) is 0. The van der Waals surface area contributed by atoms with E-state index in [9.17, 15) is 0 Å². The van der Waals surface area contributed by atoms with Gasteiger partial charge in [0.25, 0.3) is 0 Å². The van der Waals surface area contributed by atoms with Gasteiger partial charge in [-0.1, -0.05) is 32.1 Å². The molecule has 1 radical (unpaired) electrons. The molecule has 2 nitrogen and oxygen atoms in total. The SMILES string of the molecule is C1CCC(CCNC2CC[N]CC2)CC1. The van der Waals surface area contributed by atoms with Crippen LogP contribution in [0.5, 0.6) is 0 Å². The Morgan fingerprint density at radius 1 is 0.933 bits per heavy atom. The Morgan fingerprint density at radius 3 is 2.40 bits per heavy atom. The van der Waals surface area contributed by atoms with Crippen LogP contribution in [0.2, 0.25) is 0 Å². The molecule has 2 fully saturated rings. The molecule has 0 aromatic rings. The molecule has 1 aliphatic carbocycles. The van der Waals surface area contributed by atoms with Crippen LogP contribution < -0.4 is 10.6 Å². The molecule has 1 saturated heterocycles. The molecule has 0 atom stereocenters. The first-order valence-corrected chi connectivity index (χ1v) is 6.82. The van der Waals surface area contributed by atoms with Crippen LogP contribution in [0.15, 0.2) is 0 Å². The van der Waals surface area contributed by atoms with Crippen molar-refractivity contribution in [3.05, 3.63) is 0 Å². The maximum Gasteiger partial charge on any atom is 0.0148 e. The molecule has 2 heteroatoms. The van der Waals surface area contributed by atoms with Gasteiger partial charge in [0.05, 0.1) is 0 Å². The summed E-state index contributed by atoms with van der Waals surface area (Å²) in [4.78, 5) is 0. The minimum Gasteiger partial charge on any atom is -0.314 e. The molecule has 0 spiro atoms. The summed E-state index contributed by atoms with van der Waals surface area (Å²) >= 11 is 0. The standard InChI is InChI=1S/C13H25N2/c1-2-4-12(5-3-1)6-11-15-13-7-9-14-10-8-13/h12-13,15H,1-11H2. The van der Waals surface area contributed by atoms with E-state index in [-0.39, 0.29) is 0 Å². The van der Waals surface area contributed by atoms with E-state index < -0.39 is 0 Å². The highest BCUT2D eigenvalue weighted by atomic mass is 15.0. The molecule has 0 amide bonds.